The molecule has 20 heavy (non-hydrogen) atoms. The van der Waals surface area contributed by atoms with Crippen LogP contribution in [0.1, 0.15) is 5.69 Å². The Balaban J connectivity index is 1.88. The van der Waals surface area contributed by atoms with E-state index in [1.165, 1.54) is 7.11 Å². The van der Waals surface area contributed by atoms with Crippen molar-refractivity contribution in [3.8, 4) is 0 Å². The van der Waals surface area contributed by atoms with Gasteiger partial charge in [-0.05, 0) is 24.3 Å². The molecule has 0 unspecified atom stereocenters. The molecule has 0 aliphatic carbocycles. The maximum absolute atomic E-state index is 11.3. The van der Waals surface area contributed by atoms with Gasteiger partial charge in [-0.15, -0.1) is 5.10 Å². The van der Waals surface area contributed by atoms with Gasteiger partial charge in [0.2, 0.25) is 5.91 Å². The Bertz CT molecular complexity index is 564. The minimum absolute atomic E-state index is 0.0491. The molecule has 1 aromatic heterocycles. The van der Waals surface area contributed by atoms with E-state index in [1.54, 1.807) is 10.9 Å². The van der Waals surface area contributed by atoms with Crippen molar-refractivity contribution in [3.63, 3.8) is 0 Å². The molecule has 0 radical (unpaired) electrons. The summed E-state index contributed by atoms with van der Waals surface area (Å²) in [6.07, 6.45) is 1.71. The number of carbonyl (C=O) groups is 1. The number of nitrogens with one attached hydrogen (secondary N) is 2. The van der Waals surface area contributed by atoms with Crippen LogP contribution in [0.15, 0.2) is 30.5 Å². The number of hydrogen-bond acceptors (Lipinski definition) is 5. The normalized spacial score (nSPS) is 10.3. The van der Waals surface area contributed by atoms with E-state index in [0.29, 0.717) is 6.54 Å². The minimum atomic E-state index is -0.172. The van der Waals surface area contributed by atoms with Gasteiger partial charge >= 0.3 is 0 Å². The molecule has 2 rings (SSSR count). The van der Waals surface area contributed by atoms with Gasteiger partial charge in [-0.1, -0.05) is 5.21 Å². The van der Waals surface area contributed by atoms with E-state index in [4.69, 9.17) is 4.74 Å². The molecule has 1 amide bonds. The number of aromatic nitrogens is 3. The monoisotopic (exact) mass is 275 g/mol. The molecule has 0 aliphatic heterocycles. The predicted octanol–water partition coefficient (Wildman–Crippen LogP) is 1.01. The molecule has 2 N–H and O–H groups in total. The quantitative estimate of drug-likeness (QED) is 0.822. The maximum Gasteiger partial charge on any atom is 0.250 e. The highest BCUT2D eigenvalue weighted by Gasteiger charge is 2.02. The van der Waals surface area contributed by atoms with Crippen molar-refractivity contribution < 1.29 is 9.53 Å². The van der Waals surface area contributed by atoms with Gasteiger partial charge in [0.05, 0.1) is 18.4 Å². The molecule has 0 fully saturated rings. The van der Waals surface area contributed by atoms with Crippen LogP contribution in [0, 0.1) is 0 Å². The van der Waals surface area contributed by atoms with Gasteiger partial charge in [-0.25, -0.2) is 0 Å². The van der Waals surface area contributed by atoms with Crippen LogP contribution in [0.4, 0.5) is 11.4 Å². The standard InChI is InChI=1S/C13H17N5O2/c1-18-12(8-15-17-18)7-14-10-3-5-11(6-4-10)16-13(19)9-20-2/h3-6,8,14H,7,9H2,1-2H3,(H,16,19). The van der Waals surface area contributed by atoms with Crippen molar-refractivity contribution in [2.45, 2.75) is 6.54 Å². The van der Waals surface area contributed by atoms with Crippen LogP contribution in [0.3, 0.4) is 0 Å². The summed E-state index contributed by atoms with van der Waals surface area (Å²) in [5.41, 5.74) is 2.68. The number of methoxy groups -OCH3 is 1. The van der Waals surface area contributed by atoms with Gasteiger partial charge in [0.25, 0.3) is 0 Å². The van der Waals surface area contributed by atoms with Gasteiger partial charge in [0.1, 0.15) is 6.61 Å². The lowest BCUT2D eigenvalue weighted by atomic mass is 10.2. The second-order valence-corrected chi connectivity index (χ2v) is 4.26. The largest absolute Gasteiger partial charge is 0.379 e. The highest BCUT2D eigenvalue weighted by atomic mass is 16.5. The molecule has 2 aromatic rings. The van der Waals surface area contributed by atoms with Crippen LogP contribution in [0.25, 0.3) is 0 Å². The van der Waals surface area contributed by atoms with Crippen molar-refractivity contribution in [1.29, 1.82) is 0 Å². The number of hydrogen-bond donors (Lipinski definition) is 2. The fourth-order valence-corrected chi connectivity index (χ4v) is 1.66. The maximum atomic E-state index is 11.3. The number of nitrogens with zero attached hydrogens (tertiary/aromatic N) is 3. The topological polar surface area (TPSA) is 81.1 Å². The lowest BCUT2D eigenvalue weighted by Crippen LogP contribution is -2.16. The lowest BCUT2D eigenvalue weighted by Gasteiger charge is -2.08. The number of anilines is 2. The third-order valence-electron chi connectivity index (χ3n) is 2.73. The first-order valence-corrected chi connectivity index (χ1v) is 6.15. The minimum Gasteiger partial charge on any atom is -0.379 e. The average molecular weight is 275 g/mol. The Labute approximate surface area is 116 Å². The molecule has 7 heteroatoms. The number of rotatable bonds is 6. The van der Waals surface area contributed by atoms with Crippen LogP contribution in [-0.2, 0) is 23.1 Å². The third-order valence-corrected chi connectivity index (χ3v) is 2.73. The van der Waals surface area contributed by atoms with Gasteiger partial charge in [-0.2, -0.15) is 0 Å². The first kappa shape index (κ1) is 14.0. The van der Waals surface area contributed by atoms with Crippen LogP contribution in [0.5, 0.6) is 0 Å². The molecule has 1 aromatic carbocycles. The second-order valence-electron chi connectivity index (χ2n) is 4.26. The van der Waals surface area contributed by atoms with E-state index < -0.39 is 0 Å². The number of carbonyl (C=O) groups excluding carboxylic acids is 1. The molecule has 106 valence electrons. The third kappa shape index (κ3) is 3.79. The molecule has 0 saturated heterocycles. The van der Waals surface area contributed by atoms with Gasteiger partial charge in [-0.3, -0.25) is 9.48 Å². The fourth-order valence-electron chi connectivity index (χ4n) is 1.66. The summed E-state index contributed by atoms with van der Waals surface area (Å²) in [4.78, 5) is 11.3. The number of ether oxygens (including phenoxy) is 1. The number of amides is 1. The van der Waals surface area contributed by atoms with Crippen LogP contribution in [-0.4, -0.2) is 34.6 Å². The Hall–Kier alpha value is -2.41. The summed E-state index contributed by atoms with van der Waals surface area (Å²) >= 11 is 0. The van der Waals surface area contributed by atoms with E-state index in [-0.39, 0.29) is 12.5 Å². The van der Waals surface area contributed by atoms with Gasteiger partial charge in [0, 0.05) is 25.5 Å². The summed E-state index contributed by atoms with van der Waals surface area (Å²) in [5, 5.41) is 13.7. The molecule has 0 saturated carbocycles. The van der Waals surface area contributed by atoms with Gasteiger partial charge < -0.3 is 15.4 Å². The van der Waals surface area contributed by atoms with Gasteiger partial charge in [0.15, 0.2) is 0 Å². The molecule has 7 nitrogen and oxygen atoms in total. The number of benzene rings is 1. The Morgan fingerprint density at radius 2 is 2.00 bits per heavy atom. The molecule has 0 bridgehead atoms. The summed E-state index contributed by atoms with van der Waals surface area (Å²) in [7, 11) is 3.33. The zero-order chi connectivity index (χ0) is 14.4. The summed E-state index contributed by atoms with van der Waals surface area (Å²) < 4.78 is 6.47. The van der Waals surface area contributed by atoms with Crippen LogP contribution >= 0.6 is 0 Å². The molecular weight excluding hydrogens is 258 g/mol. The second kappa shape index (κ2) is 6.67. The summed E-state index contributed by atoms with van der Waals surface area (Å²) in [6, 6.07) is 7.45. The van der Waals surface area contributed by atoms with Crippen LogP contribution in [0.2, 0.25) is 0 Å². The molecular formula is C13H17N5O2. The highest BCUT2D eigenvalue weighted by Crippen LogP contribution is 2.14. The van der Waals surface area contributed by atoms with Crippen molar-refractivity contribution in [2.75, 3.05) is 24.4 Å². The Morgan fingerprint density at radius 1 is 1.30 bits per heavy atom. The number of aryl methyl sites for hydroxylation is 1. The average Bonchev–Trinajstić information content (AvgIpc) is 2.84. The Kier molecular flexibility index (Phi) is 4.67. The van der Waals surface area contributed by atoms with E-state index >= 15 is 0 Å². The highest BCUT2D eigenvalue weighted by molar-refractivity contribution is 5.91. The fraction of sp³-hybridized carbons (Fsp3) is 0.308. The van der Waals surface area contributed by atoms with Crippen molar-refractivity contribution in [2.24, 2.45) is 7.05 Å². The molecule has 0 atom stereocenters. The molecule has 1 heterocycles. The summed E-state index contributed by atoms with van der Waals surface area (Å²) in [5.74, 6) is -0.172. The first-order valence-electron chi connectivity index (χ1n) is 6.15. The zero-order valence-electron chi connectivity index (χ0n) is 11.5. The van der Waals surface area contributed by atoms with Crippen LogP contribution < -0.4 is 10.6 Å². The van der Waals surface area contributed by atoms with E-state index in [9.17, 15) is 4.79 Å². The molecule has 0 spiro atoms. The SMILES string of the molecule is COCC(=O)Nc1ccc(NCc2cnnn2C)cc1. The zero-order valence-corrected chi connectivity index (χ0v) is 11.5. The lowest BCUT2D eigenvalue weighted by molar-refractivity contribution is -0.119. The first-order chi connectivity index (χ1) is 9.69. The summed E-state index contributed by atoms with van der Waals surface area (Å²) in [6.45, 7) is 0.687. The van der Waals surface area contributed by atoms with Crippen molar-refractivity contribution >= 4 is 17.3 Å². The van der Waals surface area contributed by atoms with Crippen molar-refractivity contribution in [1.82, 2.24) is 15.0 Å². The smallest absolute Gasteiger partial charge is 0.250 e. The Morgan fingerprint density at radius 3 is 2.60 bits per heavy atom. The van der Waals surface area contributed by atoms with Crippen molar-refractivity contribution in [3.05, 3.63) is 36.2 Å². The molecule has 0 aliphatic rings. The van der Waals surface area contributed by atoms with E-state index in [0.717, 1.165) is 17.1 Å². The predicted molar refractivity (Wildman–Crippen MR) is 75.3 cm³/mol. The van der Waals surface area contributed by atoms with E-state index in [1.807, 2.05) is 31.3 Å². The van der Waals surface area contributed by atoms with E-state index in [2.05, 4.69) is 20.9 Å².